The number of hydrogen-bond acceptors (Lipinski definition) is 4. The number of benzene rings is 1. The molecule has 0 aliphatic rings. The number of aliphatic carboxylic acids is 1. The molecule has 0 aliphatic carbocycles. The minimum atomic E-state index is -0.858. The summed E-state index contributed by atoms with van der Waals surface area (Å²) >= 11 is 1.45. The zero-order valence-corrected chi connectivity index (χ0v) is 15.0. The molecule has 0 aliphatic heterocycles. The van der Waals surface area contributed by atoms with Gasteiger partial charge in [-0.05, 0) is 23.5 Å². The number of thiophene rings is 1. The Morgan fingerprint density at radius 1 is 1.28 bits per heavy atom. The maximum Gasteiger partial charge on any atom is 0.303 e. The average Bonchev–Trinajstić information content (AvgIpc) is 3.01. The van der Waals surface area contributed by atoms with Gasteiger partial charge in [0.05, 0.1) is 11.7 Å². The van der Waals surface area contributed by atoms with Crippen molar-refractivity contribution in [3.8, 4) is 11.1 Å². The molecule has 0 amide bonds. The van der Waals surface area contributed by atoms with Crippen molar-refractivity contribution in [1.29, 1.82) is 0 Å². The maximum absolute atomic E-state index is 12.8. The molecule has 5 nitrogen and oxygen atoms in total. The molecule has 0 saturated heterocycles. The summed E-state index contributed by atoms with van der Waals surface area (Å²) in [5.74, 6) is -0.398. The first-order chi connectivity index (χ1) is 12.0. The molecule has 130 valence electrons. The van der Waals surface area contributed by atoms with E-state index >= 15 is 0 Å². The van der Waals surface area contributed by atoms with Gasteiger partial charge in [-0.3, -0.25) is 14.2 Å². The summed E-state index contributed by atoms with van der Waals surface area (Å²) in [5, 5.41) is 11.3. The minimum absolute atomic E-state index is 0.0393. The number of rotatable bonds is 6. The van der Waals surface area contributed by atoms with E-state index in [2.05, 4.69) is 31.0 Å². The van der Waals surface area contributed by atoms with Crippen molar-refractivity contribution in [1.82, 2.24) is 9.55 Å². The second-order valence-corrected chi connectivity index (χ2v) is 7.20. The van der Waals surface area contributed by atoms with Crippen LogP contribution < -0.4 is 5.56 Å². The molecule has 0 bridgehead atoms. The van der Waals surface area contributed by atoms with E-state index < -0.39 is 5.97 Å². The third-order valence-corrected chi connectivity index (χ3v) is 5.13. The summed E-state index contributed by atoms with van der Waals surface area (Å²) in [6.07, 6.45) is 1.96. The van der Waals surface area contributed by atoms with Gasteiger partial charge in [-0.2, -0.15) is 0 Å². The third kappa shape index (κ3) is 3.64. The Morgan fingerprint density at radius 3 is 2.64 bits per heavy atom. The molecule has 3 aromatic rings. The van der Waals surface area contributed by atoms with Gasteiger partial charge >= 0.3 is 5.97 Å². The fraction of sp³-hybridized carbons (Fsp3) is 0.316. The molecule has 1 N–H and O–H groups in total. The maximum atomic E-state index is 12.8. The predicted molar refractivity (Wildman–Crippen MR) is 100 cm³/mol. The van der Waals surface area contributed by atoms with E-state index in [9.17, 15) is 9.59 Å². The van der Waals surface area contributed by atoms with Crippen LogP contribution in [0.2, 0.25) is 0 Å². The van der Waals surface area contributed by atoms with E-state index in [0.717, 1.165) is 11.1 Å². The average molecular weight is 356 g/mol. The summed E-state index contributed by atoms with van der Waals surface area (Å²) in [7, 11) is 0. The molecule has 0 fully saturated rings. The standard InChI is InChI=1S/C19H20N2O3S/c1-12(2)13-5-7-14(8-6-13)15-10-25-18-17(15)19(24)21(11-20-18)9-3-4-16(22)23/h5-8,10-12H,3-4,9H2,1-2H3,(H,22,23). The number of carboxylic acids is 1. The van der Waals surface area contributed by atoms with Gasteiger partial charge < -0.3 is 5.11 Å². The van der Waals surface area contributed by atoms with Crippen LogP contribution in [0, 0.1) is 0 Å². The van der Waals surface area contributed by atoms with Crippen molar-refractivity contribution in [2.75, 3.05) is 0 Å². The van der Waals surface area contributed by atoms with Gasteiger partial charge in [0.1, 0.15) is 4.83 Å². The lowest BCUT2D eigenvalue weighted by Gasteiger charge is -2.07. The number of fused-ring (bicyclic) bond motifs is 1. The molecule has 25 heavy (non-hydrogen) atoms. The van der Waals surface area contributed by atoms with E-state index in [1.165, 1.54) is 27.8 Å². The molecular formula is C19H20N2O3S. The molecule has 0 unspecified atom stereocenters. The summed E-state index contributed by atoms with van der Waals surface area (Å²) in [6, 6.07) is 8.26. The van der Waals surface area contributed by atoms with Crippen LogP contribution in [0.1, 0.15) is 38.2 Å². The Labute approximate surface area is 149 Å². The lowest BCUT2D eigenvalue weighted by Crippen LogP contribution is -2.20. The number of aryl methyl sites for hydroxylation is 1. The van der Waals surface area contributed by atoms with Gasteiger partial charge in [-0.25, -0.2) is 4.98 Å². The van der Waals surface area contributed by atoms with Gasteiger partial charge in [0.25, 0.3) is 5.56 Å². The van der Waals surface area contributed by atoms with E-state index in [1.54, 1.807) is 0 Å². The van der Waals surface area contributed by atoms with Crippen molar-refractivity contribution >= 4 is 27.5 Å². The van der Waals surface area contributed by atoms with Gasteiger partial charge in [0.15, 0.2) is 0 Å². The summed E-state index contributed by atoms with van der Waals surface area (Å²) < 4.78 is 1.50. The molecule has 3 rings (SSSR count). The highest BCUT2D eigenvalue weighted by Crippen LogP contribution is 2.31. The summed E-state index contributed by atoms with van der Waals surface area (Å²) in [4.78, 5) is 28.6. The Balaban J connectivity index is 1.99. The van der Waals surface area contributed by atoms with Crippen molar-refractivity contribution in [3.05, 3.63) is 51.9 Å². The fourth-order valence-corrected chi connectivity index (χ4v) is 3.69. The van der Waals surface area contributed by atoms with E-state index in [0.29, 0.717) is 29.1 Å². The second-order valence-electron chi connectivity index (χ2n) is 6.35. The topological polar surface area (TPSA) is 72.2 Å². The summed E-state index contributed by atoms with van der Waals surface area (Å²) in [5.41, 5.74) is 3.03. The van der Waals surface area contributed by atoms with Crippen molar-refractivity contribution < 1.29 is 9.90 Å². The molecule has 2 aromatic heterocycles. The minimum Gasteiger partial charge on any atom is -0.481 e. The molecule has 0 saturated carbocycles. The Hall–Kier alpha value is -2.47. The first-order valence-corrected chi connectivity index (χ1v) is 9.14. The van der Waals surface area contributed by atoms with Crippen molar-refractivity contribution in [2.24, 2.45) is 0 Å². The molecule has 0 atom stereocenters. The van der Waals surface area contributed by atoms with E-state index in [-0.39, 0.29) is 12.0 Å². The first kappa shape index (κ1) is 17.4. The monoisotopic (exact) mass is 356 g/mol. The largest absolute Gasteiger partial charge is 0.481 e. The van der Waals surface area contributed by atoms with Crippen molar-refractivity contribution in [2.45, 2.75) is 39.2 Å². The van der Waals surface area contributed by atoms with Crippen LogP contribution in [0.25, 0.3) is 21.3 Å². The Kier molecular flexibility index (Phi) is 4.99. The quantitative estimate of drug-likeness (QED) is 0.721. The third-order valence-electron chi connectivity index (χ3n) is 4.24. The van der Waals surface area contributed by atoms with E-state index in [4.69, 9.17) is 5.11 Å². The number of carbonyl (C=O) groups is 1. The lowest BCUT2D eigenvalue weighted by atomic mass is 9.99. The van der Waals surface area contributed by atoms with Gasteiger partial charge in [0, 0.05) is 23.9 Å². The molecule has 0 spiro atoms. The van der Waals surface area contributed by atoms with Gasteiger partial charge in [-0.15, -0.1) is 11.3 Å². The fourth-order valence-electron chi connectivity index (χ4n) is 2.79. The van der Waals surface area contributed by atoms with Crippen LogP contribution in [0.3, 0.4) is 0 Å². The molecule has 6 heteroatoms. The number of nitrogens with zero attached hydrogens (tertiary/aromatic N) is 2. The molecule has 2 heterocycles. The lowest BCUT2D eigenvalue weighted by molar-refractivity contribution is -0.137. The highest BCUT2D eigenvalue weighted by atomic mass is 32.1. The predicted octanol–water partition coefficient (Wildman–Crippen LogP) is 4.11. The van der Waals surface area contributed by atoms with Crippen LogP contribution in [-0.4, -0.2) is 20.6 Å². The number of carboxylic acid groups (broad SMARTS) is 1. The SMILES string of the molecule is CC(C)c1ccc(-c2csc3ncn(CCCC(=O)O)c(=O)c23)cc1. The highest BCUT2D eigenvalue weighted by molar-refractivity contribution is 7.17. The smallest absolute Gasteiger partial charge is 0.303 e. The van der Waals surface area contributed by atoms with Gasteiger partial charge in [-0.1, -0.05) is 38.1 Å². The normalized spacial score (nSPS) is 11.3. The zero-order chi connectivity index (χ0) is 18.0. The van der Waals surface area contributed by atoms with E-state index in [1.807, 2.05) is 17.5 Å². The molecule has 1 aromatic carbocycles. The Morgan fingerprint density at radius 2 is 2.00 bits per heavy atom. The van der Waals surface area contributed by atoms with Gasteiger partial charge in [0.2, 0.25) is 0 Å². The summed E-state index contributed by atoms with van der Waals surface area (Å²) in [6.45, 7) is 4.65. The molecular weight excluding hydrogens is 336 g/mol. The zero-order valence-electron chi connectivity index (χ0n) is 14.2. The number of aromatic nitrogens is 2. The van der Waals surface area contributed by atoms with Crippen LogP contribution in [0.15, 0.2) is 40.8 Å². The van der Waals surface area contributed by atoms with Crippen LogP contribution >= 0.6 is 11.3 Å². The van der Waals surface area contributed by atoms with Crippen LogP contribution in [0.4, 0.5) is 0 Å². The molecule has 0 radical (unpaired) electrons. The second kappa shape index (κ2) is 7.19. The van der Waals surface area contributed by atoms with Crippen LogP contribution in [0.5, 0.6) is 0 Å². The first-order valence-electron chi connectivity index (χ1n) is 8.26. The Bertz CT molecular complexity index is 955. The number of hydrogen-bond donors (Lipinski definition) is 1. The van der Waals surface area contributed by atoms with Crippen LogP contribution in [-0.2, 0) is 11.3 Å². The van der Waals surface area contributed by atoms with Crippen molar-refractivity contribution in [3.63, 3.8) is 0 Å². The highest BCUT2D eigenvalue weighted by Gasteiger charge is 2.13.